The largest absolute Gasteiger partial charge is 0.294 e. The first kappa shape index (κ1) is 15.2. The Morgan fingerprint density at radius 1 is 1.12 bits per heavy atom. The third kappa shape index (κ3) is 2.89. The number of hydrogen-bond donors (Lipinski definition) is 0. The molecule has 4 heteroatoms. The molecule has 0 unspecified atom stereocenters. The lowest BCUT2D eigenvalue weighted by atomic mass is 10.0. The highest BCUT2D eigenvalue weighted by Gasteiger charge is 2.19. The molecule has 0 fully saturated rings. The molecule has 0 atom stereocenters. The molecule has 3 heterocycles. The Labute approximate surface area is 142 Å². The van der Waals surface area contributed by atoms with E-state index in [-0.39, 0.29) is 0 Å². The zero-order valence-corrected chi connectivity index (χ0v) is 14.2. The molecule has 0 spiro atoms. The summed E-state index contributed by atoms with van der Waals surface area (Å²) in [6, 6.07) is 10.5. The predicted molar refractivity (Wildman–Crippen MR) is 95.7 cm³/mol. The molecule has 1 aliphatic heterocycles. The molecule has 2 aromatic heterocycles. The van der Waals surface area contributed by atoms with Crippen LogP contribution in [0.4, 0.5) is 0 Å². The van der Waals surface area contributed by atoms with Gasteiger partial charge in [0, 0.05) is 61.0 Å². The van der Waals surface area contributed by atoms with E-state index >= 15 is 0 Å². The lowest BCUT2D eigenvalue weighted by Gasteiger charge is -2.28. The van der Waals surface area contributed by atoms with Gasteiger partial charge >= 0.3 is 0 Å². The summed E-state index contributed by atoms with van der Waals surface area (Å²) in [4.78, 5) is 16.2. The normalized spacial score (nSPS) is 15.0. The lowest BCUT2D eigenvalue weighted by Crippen LogP contribution is -2.31. The third-order valence-corrected chi connectivity index (χ3v) is 4.68. The highest BCUT2D eigenvalue weighted by molar-refractivity contribution is 5.81. The fourth-order valence-corrected chi connectivity index (χ4v) is 3.34. The molecule has 0 saturated carbocycles. The van der Waals surface area contributed by atoms with Crippen LogP contribution in [0.1, 0.15) is 42.4 Å². The van der Waals surface area contributed by atoms with Crippen LogP contribution in [-0.4, -0.2) is 26.4 Å². The summed E-state index contributed by atoms with van der Waals surface area (Å²) >= 11 is 0. The molecule has 0 saturated heterocycles. The van der Waals surface area contributed by atoms with E-state index in [9.17, 15) is 0 Å². The van der Waals surface area contributed by atoms with E-state index in [0.29, 0.717) is 5.92 Å². The summed E-state index contributed by atoms with van der Waals surface area (Å²) in [5.41, 5.74) is 4.90. The Kier molecular flexibility index (Phi) is 3.98. The second-order valence-corrected chi connectivity index (χ2v) is 6.80. The summed E-state index contributed by atoms with van der Waals surface area (Å²) in [5.74, 6) is 1.35. The van der Waals surface area contributed by atoms with E-state index < -0.39 is 0 Å². The number of pyridine rings is 1. The molecule has 0 N–H and O–H groups in total. The molecular formula is C20H22N4. The molecule has 4 nitrogen and oxygen atoms in total. The average molecular weight is 318 g/mol. The predicted octanol–water partition coefficient (Wildman–Crippen LogP) is 3.71. The van der Waals surface area contributed by atoms with Gasteiger partial charge in [0.2, 0.25) is 0 Å². The van der Waals surface area contributed by atoms with Crippen molar-refractivity contribution in [2.45, 2.75) is 39.3 Å². The van der Waals surface area contributed by atoms with E-state index in [1.54, 1.807) is 0 Å². The molecule has 24 heavy (non-hydrogen) atoms. The Morgan fingerprint density at radius 3 is 2.88 bits per heavy atom. The van der Waals surface area contributed by atoms with Crippen LogP contribution in [0, 0.1) is 0 Å². The van der Waals surface area contributed by atoms with Crippen molar-refractivity contribution in [3.63, 3.8) is 0 Å². The highest BCUT2D eigenvalue weighted by Crippen LogP contribution is 2.23. The monoisotopic (exact) mass is 318 g/mol. The molecule has 0 aliphatic carbocycles. The number of nitrogens with zero attached hydrogens (tertiary/aromatic N) is 4. The quantitative estimate of drug-likeness (QED) is 0.738. The van der Waals surface area contributed by atoms with Gasteiger partial charge in [0.15, 0.2) is 0 Å². The van der Waals surface area contributed by atoms with Crippen molar-refractivity contribution in [3.8, 4) is 0 Å². The topological polar surface area (TPSA) is 41.9 Å². The van der Waals surface area contributed by atoms with E-state index in [1.165, 1.54) is 22.2 Å². The minimum Gasteiger partial charge on any atom is -0.294 e. The minimum absolute atomic E-state index is 0.386. The number of fused-ring (bicyclic) bond motifs is 2. The maximum absolute atomic E-state index is 4.76. The molecule has 0 amide bonds. The van der Waals surface area contributed by atoms with Crippen molar-refractivity contribution >= 4 is 10.9 Å². The fraction of sp³-hybridized carbons (Fsp3) is 0.350. The smallest absolute Gasteiger partial charge is 0.131 e. The molecule has 1 aliphatic rings. The average Bonchev–Trinajstić information content (AvgIpc) is 2.61. The van der Waals surface area contributed by atoms with Crippen molar-refractivity contribution in [1.29, 1.82) is 0 Å². The number of aromatic nitrogens is 3. The molecule has 4 rings (SSSR count). The van der Waals surface area contributed by atoms with Gasteiger partial charge in [-0.15, -0.1) is 0 Å². The van der Waals surface area contributed by atoms with Gasteiger partial charge in [-0.1, -0.05) is 32.0 Å². The van der Waals surface area contributed by atoms with Gasteiger partial charge in [0.05, 0.1) is 5.52 Å². The lowest BCUT2D eigenvalue weighted by molar-refractivity contribution is 0.243. The minimum atomic E-state index is 0.386. The maximum atomic E-state index is 4.76. The Bertz CT molecular complexity index is 867. The van der Waals surface area contributed by atoms with Crippen LogP contribution < -0.4 is 0 Å². The number of hydrogen-bond acceptors (Lipinski definition) is 4. The molecule has 1 aromatic carbocycles. The van der Waals surface area contributed by atoms with Crippen LogP contribution >= 0.6 is 0 Å². The van der Waals surface area contributed by atoms with Crippen molar-refractivity contribution < 1.29 is 0 Å². The molecule has 0 radical (unpaired) electrons. The Hall–Kier alpha value is -2.33. The standard InChI is InChI=1S/C20H22N4/c1-14(2)20-22-11-16-13-24(10-8-18(16)23-20)12-15-7-9-21-19-6-4-3-5-17(15)19/h3-7,9,11,14H,8,10,12-13H2,1-2H3. The summed E-state index contributed by atoms with van der Waals surface area (Å²) in [6.07, 6.45) is 4.93. The number of rotatable bonds is 3. The van der Waals surface area contributed by atoms with Crippen LogP contribution in [0.2, 0.25) is 0 Å². The Morgan fingerprint density at radius 2 is 2.00 bits per heavy atom. The first-order valence-electron chi connectivity index (χ1n) is 8.60. The van der Waals surface area contributed by atoms with Crippen molar-refractivity contribution in [2.24, 2.45) is 0 Å². The second-order valence-electron chi connectivity index (χ2n) is 6.80. The summed E-state index contributed by atoms with van der Waals surface area (Å²) in [6.45, 7) is 7.19. The van der Waals surface area contributed by atoms with E-state index in [2.05, 4.69) is 53.0 Å². The van der Waals surface area contributed by atoms with E-state index in [0.717, 1.165) is 37.4 Å². The van der Waals surface area contributed by atoms with Crippen LogP contribution in [0.5, 0.6) is 0 Å². The fourth-order valence-electron chi connectivity index (χ4n) is 3.34. The van der Waals surface area contributed by atoms with Crippen LogP contribution in [-0.2, 0) is 19.5 Å². The van der Waals surface area contributed by atoms with Gasteiger partial charge in [-0.05, 0) is 17.7 Å². The summed E-state index contributed by atoms with van der Waals surface area (Å²) in [5, 5.41) is 1.25. The van der Waals surface area contributed by atoms with Gasteiger partial charge < -0.3 is 0 Å². The zero-order chi connectivity index (χ0) is 16.5. The van der Waals surface area contributed by atoms with Gasteiger partial charge in [-0.3, -0.25) is 9.88 Å². The Balaban J connectivity index is 1.57. The van der Waals surface area contributed by atoms with Gasteiger partial charge in [-0.25, -0.2) is 9.97 Å². The molecular weight excluding hydrogens is 296 g/mol. The first-order chi connectivity index (χ1) is 11.7. The van der Waals surface area contributed by atoms with Gasteiger partial charge in [0.25, 0.3) is 0 Å². The number of para-hydroxylation sites is 1. The van der Waals surface area contributed by atoms with Crippen LogP contribution in [0.15, 0.2) is 42.7 Å². The molecule has 122 valence electrons. The summed E-state index contributed by atoms with van der Waals surface area (Å²) in [7, 11) is 0. The number of benzene rings is 1. The highest BCUT2D eigenvalue weighted by atomic mass is 15.1. The van der Waals surface area contributed by atoms with E-state index in [1.807, 2.05) is 18.5 Å². The summed E-state index contributed by atoms with van der Waals surface area (Å²) < 4.78 is 0. The van der Waals surface area contributed by atoms with Gasteiger partial charge in [0.1, 0.15) is 5.82 Å². The van der Waals surface area contributed by atoms with Crippen molar-refractivity contribution in [3.05, 3.63) is 65.4 Å². The van der Waals surface area contributed by atoms with Crippen molar-refractivity contribution in [1.82, 2.24) is 19.9 Å². The first-order valence-corrected chi connectivity index (χ1v) is 8.60. The SMILES string of the molecule is CC(C)c1ncc2c(n1)CCN(Cc1ccnc3ccccc13)C2. The van der Waals surface area contributed by atoms with Gasteiger partial charge in [-0.2, -0.15) is 0 Å². The van der Waals surface area contributed by atoms with Crippen LogP contribution in [0.25, 0.3) is 10.9 Å². The molecule has 3 aromatic rings. The van der Waals surface area contributed by atoms with E-state index in [4.69, 9.17) is 4.98 Å². The van der Waals surface area contributed by atoms with Crippen LogP contribution in [0.3, 0.4) is 0 Å². The second kappa shape index (κ2) is 6.29. The zero-order valence-electron chi connectivity index (χ0n) is 14.2. The van der Waals surface area contributed by atoms with Crippen molar-refractivity contribution in [2.75, 3.05) is 6.54 Å². The maximum Gasteiger partial charge on any atom is 0.131 e. The molecule has 0 bridgehead atoms. The third-order valence-electron chi connectivity index (χ3n) is 4.68.